The number of benzene rings is 1. The molecule has 0 atom stereocenters. The van der Waals surface area contributed by atoms with E-state index >= 15 is 0 Å². The van der Waals surface area contributed by atoms with Gasteiger partial charge in [0, 0.05) is 0 Å². The van der Waals surface area contributed by atoms with Crippen LogP contribution in [0, 0.1) is 0 Å². The number of hydrogen-bond donors (Lipinski definition) is 3. The summed E-state index contributed by atoms with van der Waals surface area (Å²) < 4.78 is 4.83. The predicted molar refractivity (Wildman–Crippen MR) is 49.6 cm³/mol. The molecule has 1 aromatic carbocycles. The van der Waals surface area contributed by atoms with Gasteiger partial charge in [0.05, 0.1) is 5.39 Å². The largest absolute Gasteiger partial charge is 0.505 e. The second-order valence-electron chi connectivity index (χ2n) is 2.72. The summed E-state index contributed by atoms with van der Waals surface area (Å²) in [5.41, 5.74) is 0.698. The first kappa shape index (κ1) is 8.58. The normalized spacial score (nSPS) is 10.4. The number of anilines is 1. The van der Waals surface area contributed by atoms with Crippen molar-refractivity contribution in [1.29, 1.82) is 0 Å². The summed E-state index contributed by atoms with van der Waals surface area (Å²) in [6.07, 6.45) is 0. The molecule has 0 amide bonds. The summed E-state index contributed by atoms with van der Waals surface area (Å²) in [5.74, 6) is -0.320. The van der Waals surface area contributed by atoms with Crippen molar-refractivity contribution in [2.24, 2.45) is 0 Å². The van der Waals surface area contributed by atoms with Gasteiger partial charge in [-0.1, -0.05) is 12.1 Å². The van der Waals surface area contributed by atoms with Gasteiger partial charge in [0.15, 0.2) is 11.4 Å². The lowest BCUT2D eigenvalue weighted by molar-refractivity contribution is 0.375. The van der Waals surface area contributed by atoms with Crippen LogP contribution in [-0.2, 0) is 0 Å². The molecule has 0 aliphatic carbocycles. The fraction of sp³-hybridized carbons (Fsp3) is 0. The smallest absolute Gasteiger partial charge is 0.366 e. The summed E-state index contributed by atoms with van der Waals surface area (Å²) in [6, 6.07) is 6.49. The quantitative estimate of drug-likeness (QED) is 0.469. The molecule has 0 spiro atoms. The Hall–Kier alpha value is -2.01. The highest BCUT2D eigenvalue weighted by Gasteiger charge is 2.11. The van der Waals surface area contributed by atoms with Crippen LogP contribution < -0.4 is 11.1 Å². The van der Waals surface area contributed by atoms with Crippen LogP contribution in [0.2, 0.25) is 0 Å². The molecular weight excluding hydrogens is 186 g/mol. The summed E-state index contributed by atoms with van der Waals surface area (Å²) >= 11 is 0. The molecule has 0 aliphatic rings. The van der Waals surface area contributed by atoms with Gasteiger partial charge < -0.3 is 9.52 Å². The topological polar surface area (TPSA) is 82.7 Å². The first-order chi connectivity index (χ1) is 6.74. The van der Waals surface area contributed by atoms with Crippen LogP contribution in [0.3, 0.4) is 0 Å². The lowest BCUT2D eigenvalue weighted by Crippen LogP contribution is -2.07. The molecule has 0 aliphatic heterocycles. The third-order valence-corrected chi connectivity index (χ3v) is 1.90. The minimum Gasteiger partial charge on any atom is -0.505 e. The van der Waals surface area contributed by atoms with E-state index in [-0.39, 0.29) is 17.0 Å². The molecular formula is C9H7NO4. The number of fused-ring (bicyclic) bond motifs is 1. The number of aromatic hydroxyl groups is 1. The van der Waals surface area contributed by atoms with E-state index in [1.54, 1.807) is 29.7 Å². The monoisotopic (exact) mass is 193 g/mol. The SMILES string of the molecule is O=c1oc2ccccc2c(O)c1NO. The maximum atomic E-state index is 11.1. The number of hydrogen-bond acceptors (Lipinski definition) is 5. The van der Waals surface area contributed by atoms with Crippen molar-refractivity contribution in [3.63, 3.8) is 0 Å². The van der Waals surface area contributed by atoms with Crippen molar-refractivity contribution < 1.29 is 14.7 Å². The fourth-order valence-electron chi connectivity index (χ4n) is 1.23. The van der Waals surface area contributed by atoms with Crippen LogP contribution in [0.25, 0.3) is 11.0 Å². The molecule has 72 valence electrons. The predicted octanol–water partition coefficient (Wildman–Crippen LogP) is 1.30. The molecule has 0 saturated heterocycles. The van der Waals surface area contributed by atoms with Crippen LogP contribution in [0.4, 0.5) is 5.69 Å². The van der Waals surface area contributed by atoms with E-state index in [9.17, 15) is 9.90 Å². The lowest BCUT2D eigenvalue weighted by atomic mass is 10.2. The van der Waals surface area contributed by atoms with E-state index < -0.39 is 5.63 Å². The van der Waals surface area contributed by atoms with Crippen LogP contribution in [0.15, 0.2) is 33.5 Å². The second-order valence-corrected chi connectivity index (χ2v) is 2.72. The van der Waals surface area contributed by atoms with E-state index in [1.165, 1.54) is 0 Å². The Morgan fingerprint density at radius 2 is 2.00 bits per heavy atom. The summed E-state index contributed by atoms with van der Waals surface area (Å²) in [5, 5.41) is 18.5. The number of para-hydroxylation sites is 1. The Bertz CT molecular complexity index is 532. The average Bonchev–Trinajstić information content (AvgIpc) is 2.18. The number of nitrogens with one attached hydrogen (secondary N) is 1. The molecule has 0 bridgehead atoms. The van der Waals surface area contributed by atoms with Crippen molar-refractivity contribution in [2.45, 2.75) is 0 Å². The van der Waals surface area contributed by atoms with Gasteiger partial charge >= 0.3 is 5.63 Å². The molecule has 0 fully saturated rings. The zero-order valence-electron chi connectivity index (χ0n) is 7.02. The first-order valence-electron chi connectivity index (χ1n) is 3.89. The van der Waals surface area contributed by atoms with E-state index in [4.69, 9.17) is 9.62 Å². The van der Waals surface area contributed by atoms with Gasteiger partial charge in [0.2, 0.25) is 0 Å². The van der Waals surface area contributed by atoms with Gasteiger partial charge in [0.1, 0.15) is 5.58 Å². The molecule has 0 unspecified atom stereocenters. The van der Waals surface area contributed by atoms with Crippen molar-refractivity contribution in [3.05, 3.63) is 34.7 Å². The van der Waals surface area contributed by atoms with Crippen molar-refractivity contribution in [2.75, 3.05) is 5.48 Å². The van der Waals surface area contributed by atoms with E-state index in [0.29, 0.717) is 5.39 Å². The lowest BCUT2D eigenvalue weighted by Gasteiger charge is -2.03. The molecule has 0 saturated carbocycles. The Balaban J connectivity index is 2.93. The van der Waals surface area contributed by atoms with Crippen LogP contribution in [0.5, 0.6) is 5.75 Å². The first-order valence-corrected chi connectivity index (χ1v) is 3.89. The summed E-state index contributed by atoms with van der Waals surface area (Å²) in [6.45, 7) is 0. The zero-order valence-corrected chi connectivity index (χ0v) is 7.02. The minimum absolute atomic E-state index is 0.272. The minimum atomic E-state index is -0.816. The van der Waals surface area contributed by atoms with Gasteiger partial charge in [0.25, 0.3) is 0 Å². The Kier molecular flexibility index (Phi) is 1.86. The highest BCUT2D eigenvalue weighted by Crippen LogP contribution is 2.28. The standard InChI is InChI=1S/C9H7NO4/c11-8-5-3-1-2-4-6(5)14-9(12)7(8)10-13/h1-4,10-11,13H. The molecule has 3 N–H and O–H groups in total. The molecule has 14 heavy (non-hydrogen) atoms. The summed E-state index contributed by atoms with van der Waals surface area (Å²) in [4.78, 5) is 11.1. The molecule has 5 heteroatoms. The van der Waals surface area contributed by atoms with Crippen LogP contribution in [0.1, 0.15) is 0 Å². The average molecular weight is 193 g/mol. The third kappa shape index (κ3) is 1.11. The van der Waals surface area contributed by atoms with E-state index in [0.717, 1.165) is 0 Å². The molecule has 2 aromatic rings. The van der Waals surface area contributed by atoms with Crippen molar-refractivity contribution in [3.8, 4) is 5.75 Å². The molecule has 0 radical (unpaired) electrons. The van der Waals surface area contributed by atoms with Gasteiger partial charge in [-0.05, 0) is 12.1 Å². The molecule has 1 aromatic heterocycles. The Morgan fingerprint density at radius 3 is 2.71 bits per heavy atom. The van der Waals surface area contributed by atoms with Gasteiger partial charge in [-0.15, -0.1) is 0 Å². The van der Waals surface area contributed by atoms with Crippen molar-refractivity contribution >= 4 is 16.7 Å². The maximum absolute atomic E-state index is 11.1. The number of rotatable bonds is 1. The van der Waals surface area contributed by atoms with Crippen molar-refractivity contribution in [1.82, 2.24) is 0 Å². The van der Waals surface area contributed by atoms with Gasteiger partial charge in [-0.3, -0.25) is 10.7 Å². The van der Waals surface area contributed by atoms with Gasteiger partial charge in [-0.2, -0.15) is 0 Å². The molecule has 2 rings (SSSR count). The molecule has 1 heterocycles. The van der Waals surface area contributed by atoms with Crippen LogP contribution >= 0.6 is 0 Å². The Morgan fingerprint density at radius 1 is 1.29 bits per heavy atom. The Labute approximate surface area is 78.2 Å². The van der Waals surface area contributed by atoms with Gasteiger partial charge in [-0.25, -0.2) is 4.79 Å². The second kappa shape index (κ2) is 3.04. The molecule has 5 nitrogen and oxygen atoms in total. The van der Waals surface area contributed by atoms with E-state index in [1.807, 2.05) is 0 Å². The third-order valence-electron chi connectivity index (χ3n) is 1.90. The fourth-order valence-corrected chi connectivity index (χ4v) is 1.23. The maximum Gasteiger partial charge on any atom is 0.366 e. The summed E-state index contributed by atoms with van der Waals surface area (Å²) in [7, 11) is 0. The zero-order chi connectivity index (χ0) is 10.1. The van der Waals surface area contributed by atoms with Crippen LogP contribution in [-0.4, -0.2) is 10.3 Å². The van der Waals surface area contributed by atoms with E-state index in [2.05, 4.69) is 0 Å². The highest BCUT2D eigenvalue weighted by atomic mass is 16.5. The highest BCUT2D eigenvalue weighted by molar-refractivity contribution is 5.87.